The largest absolute Gasteiger partial charge is 0.397 e. The Balaban J connectivity index is 1.87. The molecule has 82 valence electrons. The van der Waals surface area contributed by atoms with Crippen LogP contribution in [0.15, 0.2) is 47.9 Å². The Morgan fingerprint density at radius 2 is 1.81 bits per heavy atom. The lowest BCUT2D eigenvalue weighted by molar-refractivity contribution is 1.13. The summed E-state index contributed by atoms with van der Waals surface area (Å²) in [7, 11) is 0. The van der Waals surface area contributed by atoms with Gasteiger partial charge in [0.2, 0.25) is 0 Å². The van der Waals surface area contributed by atoms with Gasteiger partial charge in [-0.25, -0.2) is 0 Å². The Kier molecular flexibility index (Phi) is 3.77. The van der Waals surface area contributed by atoms with E-state index in [1.165, 1.54) is 5.56 Å². The molecule has 2 heterocycles. The summed E-state index contributed by atoms with van der Waals surface area (Å²) in [5, 5.41) is 0. The molecule has 3 nitrogen and oxygen atoms in total. The minimum atomic E-state index is 0.752. The van der Waals surface area contributed by atoms with E-state index in [2.05, 4.69) is 9.97 Å². The van der Waals surface area contributed by atoms with Gasteiger partial charge < -0.3 is 5.73 Å². The molecule has 16 heavy (non-hydrogen) atoms. The van der Waals surface area contributed by atoms with Crippen LogP contribution in [-0.2, 0) is 6.42 Å². The third kappa shape index (κ3) is 2.97. The molecule has 0 saturated carbocycles. The molecule has 0 aromatic carbocycles. The molecule has 0 aliphatic carbocycles. The van der Waals surface area contributed by atoms with Crippen LogP contribution in [0, 0.1) is 0 Å². The first-order chi connectivity index (χ1) is 7.86. The maximum Gasteiger partial charge on any atom is 0.0638 e. The van der Waals surface area contributed by atoms with Crippen molar-refractivity contribution in [2.45, 2.75) is 11.3 Å². The first kappa shape index (κ1) is 11.0. The highest BCUT2D eigenvalue weighted by Gasteiger charge is 1.99. The van der Waals surface area contributed by atoms with E-state index in [9.17, 15) is 0 Å². The van der Waals surface area contributed by atoms with Crippen LogP contribution in [0.3, 0.4) is 0 Å². The molecule has 2 aromatic heterocycles. The van der Waals surface area contributed by atoms with Crippen LogP contribution in [0.25, 0.3) is 0 Å². The van der Waals surface area contributed by atoms with Gasteiger partial charge in [-0.05, 0) is 30.2 Å². The third-order valence-corrected chi connectivity index (χ3v) is 3.30. The minimum absolute atomic E-state index is 0.752. The van der Waals surface area contributed by atoms with Gasteiger partial charge in [-0.1, -0.05) is 0 Å². The monoisotopic (exact) mass is 231 g/mol. The van der Waals surface area contributed by atoms with E-state index in [1.807, 2.05) is 30.6 Å². The zero-order valence-electron chi connectivity index (χ0n) is 8.84. The van der Waals surface area contributed by atoms with Crippen molar-refractivity contribution in [3.63, 3.8) is 0 Å². The predicted molar refractivity (Wildman–Crippen MR) is 67.3 cm³/mol. The Bertz CT molecular complexity index is 445. The number of nitrogen functional groups attached to an aromatic ring is 1. The number of aryl methyl sites for hydroxylation is 1. The van der Waals surface area contributed by atoms with E-state index in [0.29, 0.717) is 0 Å². The summed E-state index contributed by atoms with van der Waals surface area (Å²) < 4.78 is 0. The van der Waals surface area contributed by atoms with Crippen LogP contribution >= 0.6 is 11.8 Å². The van der Waals surface area contributed by atoms with Gasteiger partial charge in [-0.2, -0.15) is 0 Å². The smallest absolute Gasteiger partial charge is 0.0638 e. The number of aromatic nitrogens is 2. The molecular formula is C12H13N3S. The number of pyridine rings is 2. The highest BCUT2D eigenvalue weighted by atomic mass is 32.2. The maximum atomic E-state index is 5.81. The quantitative estimate of drug-likeness (QED) is 0.821. The van der Waals surface area contributed by atoms with E-state index < -0.39 is 0 Å². The summed E-state index contributed by atoms with van der Waals surface area (Å²) in [5.41, 5.74) is 7.86. The number of hydrogen-bond donors (Lipinski definition) is 1. The zero-order valence-corrected chi connectivity index (χ0v) is 9.65. The van der Waals surface area contributed by atoms with Crippen molar-refractivity contribution < 1.29 is 0 Å². The summed E-state index contributed by atoms with van der Waals surface area (Å²) in [4.78, 5) is 9.06. The van der Waals surface area contributed by atoms with E-state index in [0.717, 1.165) is 22.8 Å². The van der Waals surface area contributed by atoms with E-state index in [1.54, 1.807) is 24.2 Å². The molecule has 2 aromatic rings. The van der Waals surface area contributed by atoms with Crippen LogP contribution in [-0.4, -0.2) is 15.7 Å². The third-order valence-electron chi connectivity index (χ3n) is 2.21. The number of nitrogens with two attached hydrogens (primary N) is 1. The second-order valence-electron chi connectivity index (χ2n) is 3.37. The lowest BCUT2D eigenvalue weighted by atomic mass is 10.2. The highest BCUT2D eigenvalue weighted by Crippen LogP contribution is 2.23. The van der Waals surface area contributed by atoms with Gasteiger partial charge in [0.05, 0.1) is 11.9 Å². The molecule has 0 spiro atoms. The SMILES string of the molecule is Nc1cnccc1SCCc1ccncc1. The topological polar surface area (TPSA) is 51.8 Å². The molecule has 2 rings (SSSR count). The van der Waals surface area contributed by atoms with Crippen molar-refractivity contribution in [2.75, 3.05) is 11.5 Å². The predicted octanol–water partition coefficient (Wildman–Crippen LogP) is 2.39. The second kappa shape index (κ2) is 5.51. The number of rotatable bonds is 4. The normalized spacial score (nSPS) is 10.2. The number of nitrogens with zero attached hydrogens (tertiary/aromatic N) is 2. The van der Waals surface area contributed by atoms with Crippen molar-refractivity contribution in [1.29, 1.82) is 0 Å². The van der Waals surface area contributed by atoms with Crippen LogP contribution in [0.4, 0.5) is 5.69 Å². The van der Waals surface area contributed by atoms with Crippen molar-refractivity contribution in [1.82, 2.24) is 9.97 Å². The lowest BCUT2D eigenvalue weighted by Gasteiger charge is -2.04. The van der Waals surface area contributed by atoms with Crippen LogP contribution < -0.4 is 5.73 Å². The highest BCUT2D eigenvalue weighted by molar-refractivity contribution is 7.99. The van der Waals surface area contributed by atoms with Crippen molar-refractivity contribution in [3.05, 3.63) is 48.5 Å². The lowest BCUT2D eigenvalue weighted by Crippen LogP contribution is -1.92. The molecule has 0 bridgehead atoms. The molecule has 0 aliphatic rings. The Morgan fingerprint density at radius 3 is 2.56 bits per heavy atom. The summed E-state index contributed by atoms with van der Waals surface area (Å²) in [6.45, 7) is 0. The average molecular weight is 231 g/mol. The van der Waals surface area contributed by atoms with E-state index in [4.69, 9.17) is 5.73 Å². The van der Waals surface area contributed by atoms with Crippen LogP contribution in [0.2, 0.25) is 0 Å². The van der Waals surface area contributed by atoms with Gasteiger partial charge in [-0.15, -0.1) is 11.8 Å². The molecule has 0 amide bonds. The van der Waals surface area contributed by atoms with Gasteiger partial charge in [-0.3, -0.25) is 9.97 Å². The van der Waals surface area contributed by atoms with Crippen molar-refractivity contribution >= 4 is 17.4 Å². The van der Waals surface area contributed by atoms with Crippen molar-refractivity contribution in [3.8, 4) is 0 Å². The van der Waals surface area contributed by atoms with Gasteiger partial charge in [0.15, 0.2) is 0 Å². The Hall–Kier alpha value is -1.55. The Morgan fingerprint density at radius 1 is 1.06 bits per heavy atom. The van der Waals surface area contributed by atoms with Crippen molar-refractivity contribution in [2.24, 2.45) is 0 Å². The van der Waals surface area contributed by atoms with Crippen LogP contribution in [0.5, 0.6) is 0 Å². The summed E-state index contributed by atoms with van der Waals surface area (Å²) in [5.74, 6) is 1.01. The number of hydrogen-bond acceptors (Lipinski definition) is 4. The number of thioether (sulfide) groups is 1. The first-order valence-electron chi connectivity index (χ1n) is 5.07. The molecule has 0 fully saturated rings. The molecule has 0 atom stereocenters. The van der Waals surface area contributed by atoms with E-state index in [-0.39, 0.29) is 0 Å². The van der Waals surface area contributed by atoms with E-state index >= 15 is 0 Å². The molecule has 0 unspecified atom stereocenters. The molecular weight excluding hydrogens is 218 g/mol. The maximum absolute atomic E-state index is 5.81. The second-order valence-corrected chi connectivity index (χ2v) is 4.50. The minimum Gasteiger partial charge on any atom is -0.397 e. The zero-order chi connectivity index (χ0) is 11.2. The summed E-state index contributed by atoms with van der Waals surface area (Å²) in [6, 6.07) is 6.03. The molecule has 2 N–H and O–H groups in total. The van der Waals surface area contributed by atoms with Gasteiger partial charge in [0.25, 0.3) is 0 Å². The van der Waals surface area contributed by atoms with Gasteiger partial charge >= 0.3 is 0 Å². The standard InChI is InChI=1S/C12H13N3S/c13-11-9-15-7-3-12(11)16-8-4-10-1-5-14-6-2-10/h1-3,5-7,9H,4,8,13H2. The fraction of sp³-hybridized carbons (Fsp3) is 0.167. The summed E-state index contributed by atoms with van der Waals surface area (Å²) in [6.07, 6.45) is 8.12. The molecule has 0 saturated heterocycles. The van der Waals surface area contributed by atoms with Crippen LogP contribution in [0.1, 0.15) is 5.56 Å². The molecule has 0 aliphatic heterocycles. The first-order valence-corrected chi connectivity index (χ1v) is 6.06. The fourth-order valence-corrected chi connectivity index (χ4v) is 2.29. The molecule has 4 heteroatoms. The Labute approximate surface area is 99.1 Å². The fourth-order valence-electron chi connectivity index (χ4n) is 1.35. The van der Waals surface area contributed by atoms with Gasteiger partial charge in [0.1, 0.15) is 0 Å². The average Bonchev–Trinajstić information content (AvgIpc) is 2.33. The number of anilines is 1. The molecule has 0 radical (unpaired) electrons. The van der Waals surface area contributed by atoms with Gasteiger partial charge in [0, 0.05) is 29.2 Å². The summed E-state index contributed by atoms with van der Waals surface area (Å²) >= 11 is 1.76.